The summed E-state index contributed by atoms with van der Waals surface area (Å²) in [5.74, 6) is 0. The van der Waals surface area contributed by atoms with Gasteiger partial charge in [-0.05, 0) is 6.07 Å². The largest absolute Gasteiger partial charge is 0.750 e. The van der Waals surface area contributed by atoms with E-state index in [2.05, 4.69) is 45.6 Å². The van der Waals surface area contributed by atoms with Crippen molar-refractivity contribution in [2.45, 2.75) is 0 Å². The summed E-state index contributed by atoms with van der Waals surface area (Å²) in [4.78, 5) is 0. The van der Waals surface area contributed by atoms with Gasteiger partial charge in [0.1, 0.15) is 11.7 Å². The first-order valence-electron chi connectivity index (χ1n) is 4.10. The zero-order valence-corrected chi connectivity index (χ0v) is 10.0. The van der Waals surface area contributed by atoms with E-state index in [0.29, 0.717) is 0 Å². The molecule has 82 valence electrons. The number of aromatic nitrogens is 1. The van der Waals surface area contributed by atoms with Crippen molar-refractivity contribution in [2.75, 3.05) is 7.11 Å². The molecule has 15 heavy (non-hydrogen) atoms. The van der Waals surface area contributed by atoms with Gasteiger partial charge in [0.25, 0.3) is 0 Å². The third-order valence-corrected chi connectivity index (χ3v) is 3.01. The van der Waals surface area contributed by atoms with Gasteiger partial charge in [-0.15, -0.1) is 0 Å². The normalized spacial score (nSPS) is 11.9. The highest BCUT2D eigenvalue weighted by molar-refractivity contribution is 7.74. The Morgan fingerprint density at radius 2 is 2.07 bits per heavy atom. The van der Waals surface area contributed by atoms with Gasteiger partial charge in [-0.25, -0.2) is 4.21 Å². The second kappa shape index (κ2) is 5.92. The molecule has 0 saturated carbocycles. The van der Waals surface area contributed by atoms with Gasteiger partial charge in [0, 0.05) is 6.07 Å². The van der Waals surface area contributed by atoms with Crippen LogP contribution in [0.2, 0.25) is 0 Å². The van der Waals surface area contributed by atoms with E-state index in [-0.39, 0.29) is 0 Å². The smallest absolute Gasteiger partial charge is 0.225 e. The molecular formula is C9H11NO3S2. The third-order valence-electron chi connectivity index (χ3n) is 1.72. The first-order valence-corrected chi connectivity index (χ1v) is 5.98. The minimum atomic E-state index is -2.32. The van der Waals surface area contributed by atoms with Crippen LogP contribution in [0.3, 0.4) is 0 Å². The van der Waals surface area contributed by atoms with E-state index in [9.17, 15) is 0 Å². The Kier molecular flexibility index (Phi) is 4.83. The van der Waals surface area contributed by atoms with E-state index < -0.39 is 11.4 Å². The summed E-state index contributed by atoms with van der Waals surface area (Å²) in [6.07, 6.45) is 0. The molecule has 0 amide bonds. The molecule has 2 rings (SSSR count). The molecule has 1 heterocycles. The van der Waals surface area contributed by atoms with Crippen molar-refractivity contribution < 1.29 is 17.5 Å². The molecule has 1 unspecified atom stereocenters. The number of fused-ring (bicyclic) bond motifs is 1. The summed E-state index contributed by atoms with van der Waals surface area (Å²) >= 11 is -0.546. The Balaban J connectivity index is 0.000000195. The number of aryl methyl sites for hydroxylation is 1. The monoisotopic (exact) mass is 245 g/mol. The van der Waals surface area contributed by atoms with Crippen molar-refractivity contribution in [3.8, 4) is 0 Å². The summed E-state index contributed by atoms with van der Waals surface area (Å²) in [5, 5.41) is 0. The van der Waals surface area contributed by atoms with Crippen LogP contribution in [0, 0.1) is 0 Å². The topological polar surface area (TPSA) is 53.2 Å². The van der Waals surface area contributed by atoms with Crippen molar-refractivity contribution in [1.82, 2.24) is 0 Å². The van der Waals surface area contributed by atoms with Crippen LogP contribution in [0.25, 0.3) is 10.2 Å². The Morgan fingerprint density at radius 1 is 1.47 bits per heavy atom. The fourth-order valence-electron chi connectivity index (χ4n) is 1.04. The molecule has 2 aromatic rings. The van der Waals surface area contributed by atoms with Crippen molar-refractivity contribution in [3.63, 3.8) is 0 Å². The lowest BCUT2D eigenvalue weighted by Crippen LogP contribution is -2.24. The van der Waals surface area contributed by atoms with Gasteiger partial charge in [-0.1, -0.05) is 23.5 Å². The Bertz CT molecular complexity index is 455. The zero-order chi connectivity index (χ0) is 11.3. The molecule has 0 aliphatic rings. The minimum Gasteiger partial charge on any atom is -0.750 e. The standard InChI is InChI=1S/C8H8NS.CH4O3S/c1-9-6-10-8-5-3-2-4-7(8)9;1-4-5(2)3/h2-6H,1H3;1H3,(H,2,3)/q+1;/p-1. The molecule has 4 nitrogen and oxygen atoms in total. The van der Waals surface area contributed by atoms with Gasteiger partial charge in [0.05, 0.1) is 18.5 Å². The summed E-state index contributed by atoms with van der Waals surface area (Å²) < 4.78 is 25.4. The molecule has 1 aromatic carbocycles. The van der Waals surface area contributed by atoms with Crippen molar-refractivity contribution >= 4 is 32.9 Å². The van der Waals surface area contributed by atoms with E-state index in [1.807, 2.05) is 0 Å². The molecule has 6 heteroatoms. The second-order valence-electron chi connectivity index (χ2n) is 2.67. The molecular weight excluding hydrogens is 234 g/mol. The average molecular weight is 245 g/mol. The van der Waals surface area contributed by atoms with E-state index in [0.717, 1.165) is 7.11 Å². The zero-order valence-electron chi connectivity index (χ0n) is 8.38. The number of thiazole rings is 1. The summed E-state index contributed by atoms with van der Waals surface area (Å²) in [6, 6.07) is 8.40. The van der Waals surface area contributed by atoms with E-state index >= 15 is 0 Å². The summed E-state index contributed by atoms with van der Waals surface area (Å²) in [5.41, 5.74) is 3.43. The van der Waals surface area contributed by atoms with E-state index in [1.165, 1.54) is 10.2 Å². The SMILES string of the molecule is COS(=O)[O-].C[n+]1csc2ccccc21. The molecule has 0 bridgehead atoms. The van der Waals surface area contributed by atoms with E-state index in [1.54, 1.807) is 11.3 Å². The maximum atomic E-state index is 9.15. The lowest BCUT2D eigenvalue weighted by molar-refractivity contribution is -0.640. The fraction of sp³-hybridized carbons (Fsp3) is 0.222. The van der Waals surface area contributed by atoms with Crippen LogP contribution in [-0.2, 0) is 22.6 Å². The highest BCUT2D eigenvalue weighted by Crippen LogP contribution is 2.13. The van der Waals surface area contributed by atoms with E-state index in [4.69, 9.17) is 8.76 Å². The molecule has 0 saturated heterocycles. The van der Waals surface area contributed by atoms with Gasteiger partial charge in [-0.3, -0.25) is 0 Å². The predicted molar refractivity (Wildman–Crippen MR) is 58.9 cm³/mol. The molecule has 0 spiro atoms. The van der Waals surface area contributed by atoms with Crippen LogP contribution in [0.1, 0.15) is 0 Å². The third kappa shape index (κ3) is 3.67. The van der Waals surface area contributed by atoms with Gasteiger partial charge in [0.15, 0.2) is 0 Å². The van der Waals surface area contributed by atoms with Crippen LogP contribution in [0.5, 0.6) is 0 Å². The number of para-hydroxylation sites is 1. The first-order chi connectivity index (χ1) is 7.15. The van der Waals surface area contributed by atoms with Gasteiger partial charge < -0.3 is 8.74 Å². The number of nitrogens with zero attached hydrogens (tertiary/aromatic N) is 1. The molecule has 0 radical (unpaired) electrons. The lowest BCUT2D eigenvalue weighted by Gasteiger charge is -1.94. The molecule has 0 N–H and O–H groups in total. The molecule has 0 aliphatic heterocycles. The first kappa shape index (κ1) is 12.3. The van der Waals surface area contributed by atoms with Crippen LogP contribution < -0.4 is 4.57 Å². The molecule has 0 aliphatic carbocycles. The molecule has 0 fully saturated rings. The number of hydrogen-bond donors (Lipinski definition) is 0. The maximum absolute atomic E-state index is 9.15. The number of benzene rings is 1. The van der Waals surface area contributed by atoms with Crippen molar-refractivity contribution in [3.05, 3.63) is 29.8 Å². The van der Waals surface area contributed by atoms with Crippen molar-refractivity contribution in [1.29, 1.82) is 0 Å². The molecule has 1 atom stereocenters. The fourth-order valence-corrected chi connectivity index (χ4v) is 1.92. The van der Waals surface area contributed by atoms with Crippen molar-refractivity contribution in [2.24, 2.45) is 7.05 Å². The summed E-state index contributed by atoms with van der Waals surface area (Å²) in [6.45, 7) is 0. The van der Waals surface area contributed by atoms with Crippen LogP contribution in [0.15, 0.2) is 29.8 Å². The van der Waals surface area contributed by atoms with Crippen LogP contribution >= 0.6 is 11.3 Å². The van der Waals surface area contributed by atoms with Crippen LogP contribution in [-0.4, -0.2) is 15.9 Å². The quantitative estimate of drug-likeness (QED) is 0.559. The Hall–Kier alpha value is -0.820. The Labute approximate surface area is 94.6 Å². The van der Waals surface area contributed by atoms with Gasteiger partial charge in [0.2, 0.25) is 11.0 Å². The van der Waals surface area contributed by atoms with Crippen LogP contribution in [0.4, 0.5) is 0 Å². The average Bonchev–Trinajstić information content (AvgIpc) is 2.62. The number of rotatable bonds is 1. The lowest BCUT2D eigenvalue weighted by atomic mass is 10.3. The van der Waals surface area contributed by atoms with Gasteiger partial charge >= 0.3 is 0 Å². The minimum absolute atomic E-state index is 1.09. The highest BCUT2D eigenvalue weighted by Gasteiger charge is 2.03. The van der Waals surface area contributed by atoms with Gasteiger partial charge in [-0.2, -0.15) is 4.57 Å². The Morgan fingerprint density at radius 3 is 2.60 bits per heavy atom. The predicted octanol–water partition coefficient (Wildman–Crippen LogP) is 1.15. The highest BCUT2D eigenvalue weighted by atomic mass is 32.2. The molecule has 1 aromatic heterocycles. The number of hydrogen-bond acceptors (Lipinski definition) is 4. The summed E-state index contributed by atoms with van der Waals surface area (Å²) in [7, 11) is 3.15. The second-order valence-corrected chi connectivity index (χ2v) is 4.30. The maximum Gasteiger partial charge on any atom is 0.225 e.